The normalized spacial score (nSPS) is 16.3. The summed E-state index contributed by atoms with van der Waals surface area (Å²) < 4.78 is 0. The number of benzene rings is 1. The van der Waals surface area contributed by atoms with Crippen molar-refractivity contribution in [3.05, 3.63) is 35.4 Å². The molecule has 128 valence electrons. The van der Waals surface area contributed by atoms with E-state index in [0.29, 0.717) is 24.7 Å². The van der Waals surface area contributed by atoms with Crippen LogP contribution in [0.3, 0.4) is 0 Å². The second-order valence-corrected chi connectivity index (χ2v) is 5.85. The van der Waals surface area contributed by atoms with Crippen molar-refractivity contribution in [2.45, 2.75) is 19.5 Å². The molecular formula is C16H26IN5O. The number of halogens is 1. The summed E-state index contributed by atoms with van der Waals surface area (Å²) in [6.45, 7) is 5.02. The van der Waals surface area contributed by atoms with E-state index in [1.807, 2.05) is 43.3 Å². The lowest BCUT2D eigenvalue weighted by atomic mass is 10.1. The van der Waals surface area contributed by atoms with Gasteiger partial charge >= 0.3 is 0 Å². The topological polar surface area (TPSA) is 68.8 Å². The van der Waals surface area contributed by atoms with Gasteiger partial charge in [-0.05, 0) is 38.7 Å². The van der Waals surface area contributed by atoms with Crippen LogP contribution in [0, 0.1) is 0 Å². The first-order valence-electron chi connectivity index (χ1n) is 7.61. The van der Waals surface area contributed by atoms with Crippen LogP contribution in [0.5, 0.6) is 0 Å². The summed E-state index contributed by atoms with van der Waals surface area (Å²) in [4.78, 5) is 18.5. The van der Waals surface area contributed by atoms with Crippen molar-refractivity contribution in [3.8, 4) is 0 Å². The second kappa shape index (κ2) is 9.71. The van der Waals surface area contributed by atoms with Crippen molar-refractivity contribution in [2.75, 3.05) is 33.7 Å². The van der Waals surface area contributed by atoms with Gasteiger partial charge in [-0.25, -0.2) is 0 Å². The first kappa shape index (κ1) is 19.7. The van der Waals surface area contributed by atoms with Crippen molar-refractivity contribution in [3.63, 3.8) is 0 Å². The van der Waals surface area contributed by atoms with Crippen molar-refractivity contribution in [2.24, 2.45) is 4.99 Å². The van der Waals surface area contributed by atoms with Crippen molar-refractivity contribution >= 4 is 35.8 Å². The van der Waals surface area contributed by atoms with Crippen LogP contribution >= 0.6 is 24.0 Å². The van der Waals surface area contributed by atoms with Crippen LogP contribution in [0.2, 0.25) is 0 Å². The van der Waals surface area contributed by atoms with Crippen LogP contribution in [0.15, 0.2) is 29.3 Å². The number of likely N-dealkylation sites (N-methyl/N-ethyl adjacent to an activating group) is 1. The number of aliphatic imine (C=N–C) groups is 1. The number of guanidine groups is 1. The third-order valence-electron chi connectivity index (χ3n) is 3.40. The van der Waals surface area contributed by atoms with Gasteiger partial charge in [0.2, 0.25) is 0 Å². The van der Waals surface area contributed by atoms with E-state index < -0.39 is 0 Å². The third-order valence-corrected chi connectivity index (χ3v) is 3.40. The van der Waals surface area contributed by atoms with Gasteiger partial charge in [0.25, 0.3) is 5.91 Å². The van der Waals surface area contributed by atoms with E-state index in [-0.39, 0.29) is 29.9 Å². The van der Waals surface area contributed by atoms with Crippen LogP contribution < -0.4 is 16.0 Å². The Balaban J connectivity index is 0.00000264. The molecule has 0 bridgehead atoms. The number of amides is 1. The number of carbonyl (C=O) groups excluding carboxylic acids is 1. The van der Waals surface area contributed by atoms with E-state index in [4.69, 9.17) is 0 Å². The minimum absolute atomic E-state index is 0. The minimum atomic E-state index is -0.0337. The smallest absolute Gasteiger partial charge is 0.251 e. The Morgan fingerprint density at radius 1 is 1.43 bits per heavy atom. The van der Waals surface area contributed by atoms with E-state index in [2.05, 4.69) is 27.9 Å². The van der Waals surface area contributed by atoms with E-state index in [1.54, 1.807) is 0 Å². The van der Waals surface area contributed by atoms with E-state index in [1.165, 1.54) is 0 Å². The molecule has 1 atom stereocenters. The van der Waals surface area contributed by atoms with Crippen molar-refractivity contribution in [1.29, 1.82) is 0 Å². The fraction of sp³-hybridized carbons (Fsp3) is 0.500. The maximum atomic E-state index is 12.1. The maximum Gasteiger partial charge on any atom is 0.251 e. The number of rotatable bonds is 6. The van der Waals surface area contributed by atoms with Gasteiger partial charge in [-0.1, -0.05) is 12.1 Å². The summed E-state index contributed by atoms with van der Waals surface area (Å²) in [7, 11) is 3.97. The maximum absolute atomic E-state index is 12.1. The highest BCUT2D eigenvalue weighted by atomic mass is 127. The lowest BCUT2D eigenvalue weighted by molar-refractivity contribution is 0.0951. The fourth-order valence-electron chi connectivity index (χ4n) is 2.16. The number of hydrogen-bond donors (Lipinski definition) is 3. The molecular weight excluding hydrogens is 405 g/mol. The molecule has 0 aliphatic carbocycles. The molecule has 2 rings (SSSR count). The summed E-state index contributed by atoms with van der Waals surface area (Å²) >= 11 is 0. The quantitative estimate of drug-likeness (QED) is 0.589. The van der Waals surface area contributed by atoms with Crippen molar-refractivity contribution < 1.29 is 4.79 Å². The number of hydrogen-bond acceptors (Lipinski definition) is 5. The van der Waals surface area contributed by atoms with E-state index in [9.17, 15) is 4.79 Å². The highest BCUT2D eigenvalue weighted by molar-refractivity contribution is 14.0. The average molecular weight is 431 g/mol. The van der Waals surface area contributed by atoms with Crippen LogP contribution in [0.25, 0.3) is 0 Å². The predicted molar refractivity (Wildman–Crippen MR) is 104 cm³/mol. The standard InChI is InChI=1S/C16H25N5O.HI/c1-12-10-18-16(20-12)19-11-13-5-4-6-14(9-13)15(22)17-7-8-21(2)3;/h4-6,9,12H,7-8,10-11H2,1-3H3,(H,17,22)(H2,18,19,20);1H. The van der Waals surface area contributed by atoms with Gasteiger partial charge < -0.3 is 20.9 Å². The fourth-order valence-corrected chi connectivity index (χ4v) is 2.16. The minimum Gasteiger partial charge on any atom is -0.352 e. The SMILES string of the molecule is CC1CN=C(NCc2cccc(C(=O)NCCN(C)C)c2)N1.I. The van der Waals surface area contributed by atoms with Gasteiger partial charge in [-0.15, -0.1) is 24.0 Å². The molecule has 7 heteroatoms. The highest BCUT2D eigenvalue weighted by Crippen LogP contribution is 2.05. The molecule has 0 saturated carbocycles. The number of carbonyl (C=O) groups is 1. The molecule has 1 aromatic rings. The molecule has 1 heterocycles. The van der Waals surface area contributed by atoms with Crippen LogP contribution in [0.1, 0.15) is 22.8 Å². The van der Waals surface area contributed by atoms with Crippen LogP contribution in [0.4, 0.5) is 0 Å². The van der Waals surface area contributed by atoms with Gasteiger partial charge in [0, 0.05) is 31.2 Å². The van der Waals surface area contributed by atoms with Gasteiger partial charge in [0.15, 0.2) is 5.96 Å². The second-order valence-electron chi connectivity index (χ2n) is 5.85. The first-order chi connectivity index (χ1) is 10.5. The molecule has 1 aliphatic heterocycles. The third kappa shape index (κ3) is 6.74. The molecule has 1 amide bonds. The molecule has 23 heavy (non-hydrogen) atoms. The molecule has 3 N–H and O–H groups in total. The zero-order valence-corrected chi connectivity index (χ0v) is 16.3. The Kier molecular flexibility index (Phi) is 8.32. The van der Waals surface area contributed by atoms with Gasteiger partial charge in [0.1, 0.15) is 0 Å². The molecule has 0 fully saturated rings. The summed E-state index contributed by atoms with van der Waals surface area (Å²) in [5, 5.41) is 9.43. The molecule has 1 aromatic carbocycles. The largest absolute Gasteiger partial charge is 0.352 e. The summed E-state index contributed by atoms with van der Waals surface area (Å²) in [5.41, 5.74) is 1.75. The Morgan fingerprint density at radius 3 is 2.87 bits per heavy atom. The van der Waals surface area contributed by atoms with E-state index in [0.717, 1.165) is 24.6 Å². The predicted octanol–water partition coefficient (Wildman–Crippen LogP) is 1.03. The zero-order chi connectivity index (χ0) is 15.9. The van der Waals surface area contributed by atoms with E-state index >= 15 is 0 Å². The number of nitrogens with one attached hydrogen (secondary N) is 3. The van der Waals surface area contributed by atoms with Gasteiger partial charge in [-0.3, -0.25) is 9.79 Å². The summed E-state index contributed by atoms with van der Waals surface area (Å²) in [6.07, 6.45) is 0. The Labute approximate surface area is 155 Å². The number of nitrogens with zero attached hydrogens (tertiary/aromatic N) is 2. The molecule has 6 nitrogen and oxygen atoms in total. The Hall–Kier alpha value is -1.35. The molecule has 0 radical (unpaired) electrons. The lowest BCUT2D eigenvalue weighted by Crippen LogP contribution is -2.37. The average Bonchev–Trinajstić information content (AvgIpc) is 2.90. The molecule has 1 unspecified atom stereocenters. The van der Waals surface area contributed by atoms with Gasteiger partial charge in [0.05, 0.1) is 6.54 Å². The van der Waals surface area contributed by atoms with Crippen LogP contribution in [-0.2, 0) is 6.54 Å². The Morgan fingerprint density at radius 2 is 2.22 bits per heavy atom. The first-order valence-corrected chi connectivity index (χ1v) is 7.61. The summed E-state index contributed by atoms with van der Waals surface area (Å²) in [6, 6.07) is 8.04. The van der Waals surface area contributed by atoms with Crippen LogP contribution in [-0.4, -0.2) is 56.5 Å². The van der Waals surface area contributed by atoms with Gasteiger partial charge in [-0.2, -0.15) is 0 Å². The Bertz CT molecular complexity index is 547. The zero-order valence-electron chi connectivity index (χ0n) is 13.9. The monoisotopic (exact) mass is 431 g/mol. The molecule has 0 spiro atoms. The summed E-state index contributed by atoms with van der Waals surface area (Å²) in [5.74, 6) is 0.794. The van der Waals surface area contributed by atoms with Crippen molar-refractivity contribution in [1.82, 2.24) is 20.9 Å². The molecule has 0 aromatic heterocycles. The molecule has 1 aliphatic rings. The highest BCUT2D eigenvalue weighted by Gasteiger charge is 2.12. The lowest BCUT2D eigenvalue weighted by Gasteiger charge is -2.12. The molecule has 0 saturated heterocycles.